The number of aliphatic carboxylic acids is 2. The maximum absolute atomic E-state index is 12.5. The summed E-state index contributed by atoms with van der Waals surface area (Å²) in [6, 6.07) is 11.8. The summed E-state index contributed by atoms with van der Waals surface area (Å²) in [5, 5.41) is 21.6. The number of hydrogen-bond acceptors (Lipinski definition) is 7. The van der Waals surface area contributed by atoms with Gasteiger partial charge in [-0.1, -0.05) is 12.1 Å². The molecule has 11 nitrogen and oxygen atoms in total. The molecule has 1 atom stereocenters. The molecule has 0 radical (unpaired) electrons. The van der Waals surface area contributed by atoms with E-state index in [-0.39, 0.29) is 11.9 Å². The number of fused-ring (bicyclic) bond motifs is 1. The van der Waals surface area contributed by atoms with Crippen LogP contribution in [0, 0.1) is 0 Å². The highest BCUT2D eigenvalue weighted by Crippen LogP contribution is 2.24. The molecule has 1 unspecified atom stereocenters. The predicted molar refractivity (Wildman–Crippen MR) is 128 cm³/mol. The summed E-state index contributed by atoms with van der Waals surface area (Å²) in [5.74, 6) is -5.50. The molecular formula is C24H24F6N6O5. The van der Waals surface area contributed by atoms with Crippen LogP contribution < -0.4 is 5.32 Å². The second kappa shape index (κ2) is 14.7. The number of amides is 1. The third kappa shape index (κ3) is 11.6. The van der Waals surface area contributed by atoms with Crippen molar-refractivity contribution in [2.24, 2.45) is 0 Å². The van der Waals surface area contributed by atoms with Crippen molar-refractivity contribution in [1.29, 1.82) is 0 Å². The highest BCUT2D eigenvalue weighted by molar-refractivity contribution is 5.76. The summed E-state index contributed by atoms with van der Waals surface area (Å²) in [6.07, 6.45) is -2.56. The fourth-order valence-electron chi connectivity index (χ4n) is 3.46. The Bertz CT molecular complexity index is 1250. The summed E-state index contributed by atoms with van der Waals surface area (Å²) in [5.41, 5.74) is 3.16. The van der Waals surface area contributed by atoms with Crippen LogP contribution in [-0.2, 0) is 34.0 Å². The average Bonchev–Trinajstić information content (AvgIpc) is 3.37. The Morgan fingerprint density at radius 1 is 0.927 bits per heavy atom. The van der Waals surface area contributed by atoms with E-state index in [9.17, 15) is 31.1 Å². The molecule has 3 aromatic rings. The van der Waals surface area contributed by atoms with Crippen molar-refractivity contribution < 1.29 is 50.9 Å². The number of pyridine rings is 2. The first-order valence-electron chi connectivity index (χ1n) is 11.6. The summed E-state index contributed by atoms with van der Waals surface area (Å²) < 4.78 is 65.5. The van der Waals surface area contributed by atoms with Crippen LogP contribution in [0.25, 0.3) is 0 Å². The largest absolute Gasteiger partial charge is 0.490 e. The maximum atomic E-state index is 12.5. The molecule has 41 heavy (non-hydrogen) atoms. The molecule has 0 aromatic carbocycles. The topological polar surface area (TPSA) is 151 Å². The predicted octanol–water partition coefficient (Wildman–Crippen LogP) is 3.20. The number of carboxylic acid groups (broad SMARTS) is 2. The van der Waals surface area contributed by atoms with Gasteiger partial charge in [0.25, 0.3) is 0 Å². The number of alkyl halides is 6. The van der Waals surface area contributed by atoms with Gasteiger partial charge in [-0.05, 0) is 29.8 Å². The molecule has 1 aliphatic heterocycles. The first-order chi connectivity index (χ1) is 19.2. The molecule has 3 N–H and O–H groups in total. The van der Waals surface area contributed by atoms with E-state index in [1.807, 2.05) is 47.4 Å². The molecule has 222 valence electrons. The smallest absolute Gasteiger partial charge is 0.475 e. The molecule has 1 aliphatic rings. The quantitative estimate of drug-likeness (QED) is 0.368. The molecular weight excluding hydrogens is 566 g/mol. The molecule has 4 rings (SSSR count). The lowest BCUT2D eigenvalue weighted by molar-refractivity contribution is -0.193. The fourth-order valence-corrected chi connectivity index (χ4v) is 3.46. The van der Waals surface area contributed by atoms with E-state index in [0.717, 1.165) is 31.0 Å². The highest BCUT2D eigenvalue weighted by atomic mass is 19.4. The lowest BCUT2D eigenvalue weighted by Gasteiger charge is -2.33. The van der Waals surface area contributed by atoms with E-state index in [4.69, 9.17) is 19.8 Å². The van der Waals surface area contributed by atoms with Gasteiger partial charge >= 0.3 is 24.3 Å². The normalized spacial score (nSPS) is 14.8. The van der Waals surface area contributed by atoms with E-state index in [2.05, 4.69) is 31.3 Å². The SMILES string of the molecule is O=C(CC1CN(Cc2cccnc2)Cc2ccnn21)NCc1ccccn1.O=C(O)C(F)(F)F.O=C(O)C(F)(F)F. The van der Waals surface area contributed by atoms with Crippen molar-refractivity contribution in [3.63, 3.8) is 0 Å². The van der Waals surface area contributed by atoms with Gasteiger partial charge < -0.3 is 15.5 Å². The van der Waals surface area contributed by atoms with E-state index in [1.54, 1.807) is 12.4 Å². The van der Waals surface area contributed by atoms with Crippen LogP contribution >= 0.6 is 0 Å². The van der Waals surface area contributed by atoms with E-state index >= 15 is 0 Å². The zero-order valence-electron chi connectivity index (χ0n) is 21.0. The zero-order valence-corrected chi connectivity index (χ0v) is 21.0. The number of halogens is 6. The molecule has 0 aliphatic carbocycles. The molecule has 0 bridgehead atoms. The number of carbonyl (C=O) groups excluding carboxylic acids is 1. The molecule has 3 aromatic heterocycles. The van der Waals surface area contributed by atoms with Gasteiger partial charge in [-0.25, -0.2) is 9.59 Å². The van der Waals surface area contributed by atoms with Crippen LogP contribution in [0.5, 0.6) is 0 Å². The van der Waals surface area contributed by atoms with E-state index < -0.39 is 24.3 Å². The molecule has 4 heterocycles. The minimum atomic E-state index is -5.08. The number of nitrogens with one attached hydrogen (secondary N) is 1. The van der Waals surface area contributed by atoms with Crippen molar-refractivity contribution in [2.75, 3.05) is 6.54 Å². The lowest BCUT2D eigenvalue weighted by atomic mass is 10.1. The minimum Gasteiger partial charge on any atom is -0.475 e. The Kier molecular flexibility index (Phi) is 11.7. The summed E-state index contributed by atoms with van der Waals surface area (Å²) >= 11 is 0. The monoisotopic (exact) mass is 590 g/mol. The third-order valence-electron chi connectivity index (χ3n) is 5.18. The van der Waals surface area contributed by atoms with E-state index in [0.29, 0.717) is 13.0 Å². The Morgan fingerprint density at radius 2 is 1.59 bits per heavy atom. The molecule has 1 amide bonds. The molecule has 17 heteroatoms. The summed E-state index contributed by atoms with van der Waals surface area (Å²) in [4.78, 5) is 41.0. The van der Waals surface area contributed by atoms with Crippen LogP contribution in [0.1, 0.15) is 29.4 Å². The molecule has 0 fully saturated rings. The standard InChI is InChI=1S/C20H22N6O.2C2HF3O2/c27-20(23-12-17-5-1-2-8-22-17)10-19-15-25(13-16-4-3-7-21-11-16)14-18-6-9-24-26(18)19;2*3-2(4,5)1(6)7/h1-9,11,19H,10,12-15H2,(H,23,27);2*(H,6,7). The Labute approximate surface area is 228 Å². The average molecular weight is 590 g/mol. The zero-order chi connectivity index (χ0) is 30.6. The van der Waals surface area contributed by atoms with Crippen LogP contribution in [0.15, 0.2) is 61.2 Å². The number of carbonyl (C=O) groups is 3. The van der Waals surface area contributed by atoms with Crippen LogP contribution in [0.4, 0.5) is 26.3 Å². The van der Waals surface area contributed by atoms with Gasteiger partial charge in [-0.3, -0.25) is 24.3 Å². The number of carboxylic acids is 2. The van der Waals surface area contributed by atoms with E-state index in [1.165, 1.54) is 5.56 Å². The third-order valence-corrected chi connectivity index (χ3v) is 5.18. The van der Waals surface area contributed by atoms with Gasteiger partial charge in [-0.2, -0.15) is 31.4 Å². The second-order valence-electron chi connectivity index (χ2n) is 8.36. The summed E-state index contributed by atoms with van der Waals surface area (Å²) in [7, 11) is 0. The van der Waals surface area contributed by atoms with Gasteiger partial charge in [0, 0.05) is 44.4 Å². The van der Waals surface area contributed by atoms with Crippen LogP contribution in [0.2, 0.25) is 0 Å². The summed E-state index contributed by atoms with van der Waals surface area (Å²) in [6.45, 7) is 2.85. The van der Waals surface area contributed by atoms with Gasteiger partial charge in [0.2, 0.25) is 5.91 Å². The maximum Gasteiger partial charge on any atom is 0.490 e. The van der Waals surface area contributed by atoms with Crippen molar-refractivity contribution in [1.82, 2.24) is 30.0 Å². The van der Waals surface area contributed by atoms with Gasteiger partial charge in [0.15, 0.2) is 0 Å². The highest BCUT2D eigenvalue weighted by Gasteiger charge is 2.38. The first kappa shape index (κ1) is 32.7. The first-order valence-corrected chi connectivity index (χ1v) is 11.6. The van der Waals surface area contributed by atoms with Crippen LogP contribution in [-0.4, -0.2) is 71.6 Å². The number of rotatable bonds is 6. The number of nitrogens with zero attached hydrogens (tertiary/aromatic N) is 5. The van der Waals surface area contributed by atoms with Gasteiger partial charge in [0.05, 0.1) is 30.4 Å². The van der Waals surface area contributed by atoms with Crippen molar-refractivity contribution >= 4 is 17.8 Å². The van der Waals surface area contributed by atoms with Crippen LogP contribution in [0.3, 0.4) is 0 Å². The van der Waals surface area contributed by atoms with Crippen molar-refractivity contribution in [2.45, 2.75) is 44.4 Å². The molecule has 0 saturated heterocycles. The van der Waals surface area contributed by atoms with Crippen molar-refractivity contribution in [3.05, 3.63) is 78.1 Å². The molecule has 0 spiro atoms. The number of aromatic nitrogens is 4. The fraction of sp³-hybridized carbons (Fsp3) is 0.333. The second-order valence-corrected chi connectivity index (χ2v) is 8.36. The van der Waals surface area contributed by atoms with Gasteiger partial charge in [0.1, 0.15) is 0 Å². The lowest BCUT2D eigenvalue weighted by Crippen LogP contribution is -2.39. The Morgan fingerprint density at radius 3 is 2.12 bits per heavy atom. The van der Waals surface area contributed by atoms with Gasteiger partial charge in [-0.15, -0.1) is 0 Å². The Balaban J connectivity index is 0.000000349. The minimum absolute atomic E-state index is 0.00957. The molecule has 0 saturated carbocycles. The number of hydrogen-bond donors (Lipinski definition) is 3. The van der Waals surface area contributed by atoms with Crippen molar-refractivity contribution in [3.8, 4) is 0 Å². The Hall–Kier alpha value is -4.54.